The molecule has 1 aromatic carbocycles. The highest BCUT2D eigenvalue weighted by Gasteiger charge is 2.28. The number of hydrogen-bond donors (Lipinski definition) is 0. The van der Waals surface area contributed by atoms with Crippen molar-refractivity contribution < 1.29 is 0 Å². The van der Waals surface area contributed by atoms with E-state index in [-0.39, 0.29) is 6.04 Å². The summed E-state index contributed by atoms with van der Waals surface area (Å²) in [4.78, 5) is 11.1. The van der Waals surface area contributed by atoms with E-state index in [1.165, 1.54) is 0 Å². The number of hydrogen-bond acceptors (Lipinski definition) is 3. The van der Waals surface area contributed by atoms with Crippen molar-refractivity contribution in [3.63, 3.8) is 0 Å². The largest absolute Gasteiger partial charge is 0.353 e. The SMILES string of the molecule is CC(c1ccccc1Cl)N(C)c1cc(Cl)nc(C2CC2)n1. The molecular weight excluding hydrogens is 305 g/mol. The fraction of sp³-hybridized carbons (Fsp3) is 0.375. The van der Waals surface area contributed by atoms with E-state index in [0.29, 0.717) is 11.1 Å². The summed E-state index contributed by atoms with van der Waals surface area (Å²) < 4.78 is 0. The number of rotatable bonds is 4. The van der Waals surface area contributed by atoms with Gasteiger partial charge in [-0.05, 0) is 31.4 Å². The van der Waals surface area contributed by atoms with Crippen LogP contribution < -0.4 is 4.90 Å². The molecule has 3 nitrogen and oxygen atoms in total. The van der Waals surface area contributed by atoms with E-state index >= 15 is 0 Å². The molecule has 0 saturated heterocycles. The van der Waals surface area contributed by atoms with Crippen LogP contribution >= 0.6 is 23.2 Å². The lowest BCUT2D eigenvalue weighted by molar-refractivity contribution is 0.721. The van der Waals surface area contributed by atoms with E-state index in [2.05, 4.69) is 21.8 Å². The van der Waals surface area contributed by atoms with Crippen LogP contribution in [0.2, 0.25) is 10.2 Å². The van der Waals surface area contributed by atoms with Gasteiger partial charge in [0.15, 0.2) is 0 Å². The van der Waals surface area contributed by atoms with Gasteiger partial charge in [-0.1, -0.05) is 41.4 Å². The number of benzene rings is 1. The standard InChI is InChI=1S/C16H17Cl2N3/c1-10(12-5-3-4-6-13(12)17)21(2)15-9-14(18)19-16(20-15)11-7-8-11/h3-6,9-11H,7-8H2,1-2H3. The van der Waals surface area contributed by atoms with Crippen LogP contribution in [0.1, 0.15) is 43.1 Å². The van der Waals surface area contributed by atoms with E-state index in [0.717, 1.165) is 35.1 Å². The smallest absolute Gasteiger partial charge is 0.135 e. The monoisotopic (exact) mass is 321 g/mol. The molecule has 110 valence electrons. The Morgan fingerprint density at radius 2 is 1.90 bits per heavy atom. The summed E-state index contributed by atoms with van der Waals surface area (Å²) in [6.07, 6.45) is 2.31. The molecule has 0 aliphatic heterocycles. The summed E-state index contributed by atoms with van der Waals surface area (Å²) in [6.45, 7) is 2.11. The third-order valence-electron chi connectivity index (χ3n) is 3.94. The first-order valence-electron chi connectivity index (χ1n) is 7.08. The van der Waals surface area contributed by atoms with Gasteiger partial charge in [0.2, 0.25) is 0 Å². The van der Waals surface area contributed by atoms with Gasteiger partial charge < -0.3 is 4.90 Å². The first-order chi connectivity index (χ1) is 10.1. The number of aromatic nitrogens is 2. The van der Waals surface area contributed by atoms with Crippen molar-refractivity contribution in [1.82, 2.24) is 9.97 Å². The molecule has 1 unspecified atom stereocenters. The summed E-state index contributed by atoms with van der Waals surface area (Å²) in [5, 5.41) is 1.26. The Morgan fingerprint density at radius 1 is 1.19 bits per heavy atom. The third-order valence-corrected chi connectivity index (χ3v) is 4.48. The quantitative estimate of drug-likeness (QED) is 0.753. The van der Waals surface area contributed by atoms with Gasteiger partial charge in [-0.2, -0.15) is 0 Å². The molecule has 0 bridgehead atoms. The van der Waals surface area contributed by atoms with Crippen molar-refractivity contribution in [2.75, 3.05) is 11.9 Å². The van der Waals surface area contributed by atoms with Crippen molar-refractivity contribution in [3.8, 4) is 0 Å². The predicted molar refractivity (Wildman–Crippen MR) is 87.3 cm³/mol. The maximum absolute atomic E-state index is 6.29. The van der Waals surface area contributed by atoms with E-state index in [1.54, 1.807) is 6.07 Å². The lowest BCUT2D eigenvalue weighted by atomic mass is 10.1. The van der Waals surface area contributed by atoms with Crippen LogP contribution in [-0.4, -0.2) is 17.0 Å². The lowest BCUT2D eigenvalue weighted by Gasteiger charge is -2.27. The molecule has 1 aromatic heterocycles. The van der Waals surface area contributed by atoms with E-state index < -0.39 is 0 Å². The molecule has 21 heavy (non-hydrogen) atoms. The Labute approximate surface area is 134 Å². The molecule has 0 radical (unpaired) electrons. The van der Waals surface area contributed by atoms with Gasteiger partial charge in [-0.25, -0.2) is 9.97 Å². The fourth-order valence-electron chi connectivity index (χ4n) is 2.35. The van der Waals surface area contributed by atoms with Crippen LogP contribution in [0.5, 0.6) is 0 Å². The van der Waals surface area contributed by atoms with Crippen molar-refractivity contribution in [2.24, 2.45) is 0 Å². The summed E-state index contributed by atoms with van der Waals surface area (Å²) in [6, 6.07) is 9.79. The highest BCUT2D eigenvalue weighted by atomic mass is 35.5. The molecule has 0 amide bonds. The zero-order chi connectivity index (χ0) is 15.0. The van der Waals surface area contributed by atoms with Crippen molar-refractivity contribution in [3.05, 3.63) is 51.9 Å². The van der Waals surface area contributed by atoms with Gasteiger partial charge in [0, 0.05) is 24.1 Å². The van der Waals surface area contributed by atoms with E-state index in [1.807, 2.05) is 31.3 Å². The molecule has 1 atom stereocenters. The maximum atomic E-state index is 6.29. The summed E-state index contributed by atoms with van der Waals surface area (Å²) in [5.41, 5.74) is 1.07. The fourth-order valence-corrected chi connectivity index (χ4v) is 2.83. The molecule has 1 fully saturated rings. The van der Waals surface area contributed by atoms with Gasteiger partial charge in [0.1, 0.15) is 16.8 Å². The summed E-state index contributed by atoms with van der Waals surface area (Å²) in [5.74, 6) is 2.17. The highest BCUT2D eigenvalue weighted by Crippen LogP contribution is 2.39. The van der Waals surface area contributed by atoms with Crippen LogP contribution in [0.3, 0.4) is 0 Å². The van der Waals surface area contributed by atoms with Crippen LogP contribution in [0, 0.1) is 0 Å². The topological polar surface area (TPSA) is 29.0 Å². The van der Waals surface area contributed by atoms with E-state index in [9.17, 15) is 0 Å². The number of nitrogens with zero attached hydrogens (tertiary/aromatic N) is 3. The second-order valence-corrected chi connectivity index (χ2v) is 6.28. The average molecular weight is 322 g/mol. The molecule has 1 saturated carbocycles. The molecule has 0 spiro atoms. The Balaban J connectivity index is 1.91. The summed E-state index contributed by atoms with van der Waals surface area (Å²) in [7, 11) is 2.00. The summed E-state index contributed by atoms with van der Waals surface area (Å²) >= 11 is 12.4. The second-order valence-electron chi connectivity index (χ2n) is 5.49. The molecule has 3 rings (SSSR count). The normalized spacial score (nSPS) is 15.8. The maximum Gasteiger partial charge on any atom is 0.135 e. The van der Waals surface area contributed by atoms with Gasteiger partial charge in [0.05, 0.1) is 6.04 Å². The van der Waals surface area contributed by atoms with Crippen LogP contribution in [-0.2, 0) is 0 Å². The van der Waals surface area contributed by atoms with Crippen molar-refractivity contribution >= 4 is 29.0 Å². The Morgan fingerprint density at radius 3 is 2.57 bits per heavy atom. The zero-order valence-corrected chi connectivity index (χ0v) is 13.6. The predicted octanol–water partition coefficient (Wildman–Crippen LogP) is 4.86. The zero-order valence-electron chi connectivity index (χ0n) is 12.1. The number of halogens is 2. The second kappa shape index (κ2) is 5.82. The Hall–Kier alpha value is -1.32. The minimum Gasteiger partial charge on any atom is -0.353 e. The molecular formula is C16H17Cl2N3. The lowest BCUT2D eigenvalue weighted by Crippen LogP contribution is -2.23. The van der Waals surface area contributed by atoms with Crippen molar-refractivity contribution in [1.29, 1.82) is 0 Å². The third kappa shape index (κ3) is 3.14. The van der Waals surface area contributed by atoms with Gasteiger partial charge >= 0.3 is 0 Å². The van der Waals surface area contributed by atoms with Crippen LogP contribution in [0.4, 0.5) is 5.82 Å². The first kappa shape index (κ1) is 14.6. The van der Waals surface area contributed by atoms with Crippen LogP contribution in [0.25, 0.3) is 0 Å². The van der Waals surface area contributed by atoms with Crippen molar-refractivity contribution in [2.45, 2.75) is 31.7 Å². The minimum absolute atomic E-state index is 0.108. The molecule has 5 heteroatoms. The van der Waals surface area contributed by atoms with Gasteiger partial charge in [0.25, 0.3) is 0 Å². The molecule has 1 aliphatic rings. The molecule has 0 N–H and O–H groups in total. The van der Waals surface area contributed by atoms with Gasteiger partial charge in [-0.15, -0.1) is 0 Å². The van der Waals surface area contributed by atoms with Crippen LogP contribution in [0.15, 0.2) is 30.3 Å². The highest BCUT2D eigenvalue weighted by molar-refractivity contribution is 6.31. The van der Waals surface area contributed by atoms with E-state index in [4.69, 9.17) is 23.2 Å². The van der Waals surface area contributed by atoms with Gasteiger partial charge in [-0.3, -0.25) is 0 Å². The average Bonchev–Trinajstić information content (AvgIpc) is 3.30. The molecule has 2 aromatic rings. The minimum atomic E-state index is 0.108. The first-order valence-corrected chi connectivity index (χ1v) is 7.83. The Bertz CT molecular complexity index is 656. The molecule has 1 aliphatic carbocycles. The number of anilines is 1. The molecule has 1 heterocycles. The Kier molecular flexibility index (Phi) is 4.05.